The van der Waals surface area contributed by atoms with Crippen molar-refractivity contribution < 1.29 is 14.6 Å². The summed E-state index contributed by atoms with van der Waals surface area (Å²) in [6, 6.07) is 7.42. The van der Waals surface area contributed by atoms with E-state index >= 15 is 0 Å². The molecule has 0 bridgehead atoms. The SMILES string of the molecule is NC(=O)CCCNCC(O)COc1ccc(Br)cc1. The molecule has 0 aliphatic rings. The number of rotatable bonds is 9. The number of benzene rings is 1. The van der Waals surface area contributed by atoms with Gasteiger partial charge in [-0.1, -0.05) is 15.9 Å². The fourth-order valence-electron chi connectivity index (χ4n) is 1.44. The summed E-state index contributed by atoms with van der Waals surface area (Å²) in [4.78, 5) is 10.5. The molecule has 0 aliphatic heterocycles. The summed E-state index contributed by atoms with van der Waals surface area (Å²) >= 11 is 3.34. The number of carbonyl (C=O) groups excluding carboxylic acids is 1. The Kier molecular flexibility index (Phi) is 7.47. The predicted octanol–water partition coefficient (Wildman–Crippen LogP) is 1.04. The minimum absolute atomic E-state index is 0.227. The average molecular weight is 331 g/mol. The zero-order valence-electron chi connectivity index (χ0n) is 10.6. The third-order valence-electron chi connectivity index (χ3n) is 2.41. The minimum atomic E-state index is -0.586. The van der Waals surface area contributed by atoms with E-state index in [1.54, 1.807) is 0 Å². The summed E-state index contributed by atoms with van der Waals surface area (Å²) in [5.74, 6) is 0.414. The summed E-state index contributed by atoms with van der Waals surface area (Å²) in [7, 11) is 0. The van der Waals surface area contributed by atoms with Gasteiger partial charge in [-0.2, -0.15) is 0 Å². The van der Waals surface area contributed by atoms with Crippen molar-refractivity contribution in [2.24, 2.45) is 5.73 Å². The molecule has 0 spiro atoms. The monoisotopic (exact) mass is 330 g/mol. The lowest BCUT2D eigenvalue weighted by Crippen LogP contribution is -2.32. The fourth-order valence-corrected chi connectivity index (χ4v) is 1.70. The van der Waals surface area contributed by atoms with Gasteiger partial charge in [0.05, 0.1) is 0 Å². The molecule has 0 aliphatic carbocycles. The zero-order chi connectivity index (χ0) is 14.1. The topological polar surface area (TPSA) is 84.6 Å². The third-order valence-corrected chi connectivity index (χ3v) is 2.94. The van der Waals surface area contributed by atoms with Crippen LogP contribution in [0.1, 0.15) is 12.8 Å². The van der Waals surface area contributed by atoms with Crippen molar-refractivity contribution in [1.29, 1.82) is 0 Å². The van der Waals surface area contributed by atoms with Gasteiger partial charge in [0.15, 0.2) is 0 Å². The van der Waals surface area contributed by atoms with Crippen molar-refractivity contribution in [3.8, 4) is 5.75 Å². The van der Waals surface area contributed by atoms with Gasteiger partial charge in [-0.3, -0.25) is 4.79 Å². The lowest BCUT2D eigenvalue weighted by molar-refractivity contribution is -0.118. The number of nitrogens with two attached hydrogens (primary N) is 1. The molecule has 0 saturated heterocycles. The van der Waals surface area contributed by atoms with Crippen LogP contribution in [0.15, 0.2) is 28.7 Å². The second-order valence-corrected chi connectivity index (χ2v) is 5.11. The molecule has 0 fully saturated rings. The predicted molar refractivity (Wildman–Crippen MR) is 76.9 cm³/mol. The highest BCUT2D eigenvalue weighted by atomic mass is 79.9. The van der Waals surface area contributed by atoms with Gasteiger partial charge < -0.3 is 20.9 Å². The molecule has 1 rings (SSSR count). The van der Waals surface area contributed by atoms with E-state index in [2.05, 4.69) is 21.2 Å². The van der Waals surface area contributed by atoms with Gasteiger partial charge in [0.1, 0.15) is 18.5 Å². The quantitative estimate of drug-likeness (QED) is 0.591. The highest BCUT2D eigenvalue weighted by molar-refractivity contribution is 9.10. The van der Waals surface area contributed by atoms with E-state index in [1.807, 2.05) is 24.3 Å². The number of hydrogen-bond acceptors (Lipinski definition) is 4. The van der Waals surface area contributed by atoms with Gasteiger partial charge in [-0.25, -0.2) is 0 Å². The van der Waals surface area contributed by atoms with Gasteiger partial charge in [-0.15, -0.1) is 0 Å². The molecule has 6 heteroatoms. The van der Waals surface area contributed by atoms with Crippen LogP contribution in [-0.4, -0.2) is 36.8 Å². The zero-order valence-corrected chi connectivity index (χ0v) is 12.2. The first-order chi connectivity index (χ1) is 9.08. The van der Waals surface area contributed by atoms with Crippen LogP contribution >= 0.6 is 15.9 Å². The lowest BCUT2D eigenvalue weighted by atomic mass is 10.3. The second-order valence-electron chi connectivity index (χ2n) is 4.19. The van der Waals surface area contributed by atoms with E-state index in [1.165, 1.54) is 0 Å². The van der Waals surface area contributed by atoms with Crippen LogP contribution in [0.25, 0.3) is 0 Å². The molecule has 106 valence electrons. The van der Waals surface area contributed by atoms with E-state index in [0.29, 0.717) is 25.9 Å². The summed E-state index contributed by atoms with van der Waals surface area (Å²) in [5, 5.41) is 12.7. The van der Waals surface area contributed by atoms with E-state index in [9.17, 15) is 9.90 Å². The molecule has 1 aromatic rings. The van der Waals surface area contributed by atoms with Crippen LogP contribution < -0.4 is 15.8 Å². The average Bonchev–Trinajstić information content (AvgIpc) is 2.37. The lowest BCUT2D eigenvalue weighted by Gasteiger charge is -2.13. The van der Waals surface area contributed by atoms with Crippen molar-refractivity contribution >= 4 is 21.8 Å². The molecule has 4 N–H and O–H groups in total. The highest BCUT2D eigenvalue weighted by Gasteiger charge is 2.05. The Morgan fingerprint density at radius 3 is 2.74 bits per heavy atom. The van der Waals surface area contributed by atoms with Crippen molar-refractivity contribution in [3.05, 3.63) is 28.7 Å². The van der Waals surface area contributed by atoms with Crippen LogP contribution in [0.2, 0.25) is 0 Å². The molecule has 1 amide bonds. The van der Waals surface area contributed by atoms with Crippen LogP contribution in [0.3, 0.4) is 0 Å². The molecule has 0 saturated carbocycles. The van der Waals surface area contributed by atoms with Gasteiger partial charge in [0.25, 0.3) is 0 Å². The van der Waals surface area contributed by atoms with E-state index < -0.39 is 6.10 Å². The van der Waals surface area contributed by atoms with Crippen molar-refractivity contribution in [2.45, 2.75) is 18.9 Å². The van der Waals surface area contributed by atoms with Gasteiger partial charge in [0.2, 0.25) is 5.91 Å². The largest absolute Gasteiger partial charge is 0.491 e. The molecular weight excluding hydrogens is 312 g/mol. The normalized spacial score (nSPS) is 12.1. The highest BCUT2D eigenvalue weighted by Crippen LogP contribution is 2.16. The first-order valence-electron chi connectivity index (χ1n) is 6.13. The molecule has 0 aromatic heterocycles. The van der Waals surface area contributed by atoms with E-state index in [4.69, 9.17) is 10.5 Å². The Morgan fingerprint density at radius 2 is 2.11 bits per heavy atom. The summed E-state index contributed by atoms with van der Waals surface area (Å²) < 4.78 is 6.42. The van der Waals surface area contributed by atoms with Crippen LogP contribution in [-0.2, 0) is 4.79 Å². The number of primary amides is 1. The Balaban J connectivity index is 2.09. The summed E-state index contributed by atoms with van der Waals surface area (Å²) in [5.41, 5.74) is 5.02. The molecule has 0 heterocycles. The van der Waals surface area contributed by atoms with Crippen molar-refractivity contribution in [3.63, 3.8) is 0 Å². The maximum atomic E-state index is 10.5. The van der Waals surface area contributed by atoms with Crippen molar-refractivity contribution in [1.82, 2.24) is 5.32 Å². The number of aliphatic hydroxyl groups excluding tert-OH is 1. The van der Waals surface area contributed by atoms with E-state index in [0.717, 1.165) is 10.2 Å². The Labute approximate surface area is 121 Å². The molecule has 19 heavy (non-hydrogen) atoms. The maximum absolute atomic E-state index is 10.5. The minimum Gasteiger partial charge on any atom is -0.491 e. The van der Waals surface area contributed by atoms with Crippen LogP contribution in [0.4, 0.5) is 0 Å². The number of carbonyl (C=O) groups is 1. The molecule has 1 atom stereocenters. The van der Waals surface area contributed by atoms with Gasteiger partial charge >= 0.3 is 0 Å². The Morgan fingerprint density at radius 1 is 1.42 bits per heavy atom. The molecule has 0 radical (unpaired) electrons. The van der Waals surface area contributed by atoms with Gasteiger partial charge in [0, 0.05) is 17.4 Å². The van der Waals surface area contributed by atoms with Gasteiger partial charge in [-0.05, 0) is 37.2 Å². The van der Waals surface area contributed by atoms with Crippen molar-refractivity contribution in [2.75, 3.05) is 19.7 Å². The Hall–Kier alpha value is -1.11. The van der Waals surface area contributed by atoms with E-state index in [-0.39, 0.29) is 12.5 Å². The first kappa shape index (κ1) is 15.9. The maximum Gasteiger partial charge on any atom is 0.217 e. The molecular formula is C13H19BrN2O3. The van der Waals surface area contributed by atoms with Crippen LogP contribution in [0, 0.1) is 0 Å². The number of amides is 1. The third kappa shape index (κ3) is 7.81. The smallest absolute Gasteiger partial charge is 0.217 e. The second kappa shape index (κ2) is 8.90. The first-order valence-corrected chi connectivity index (χ1v) is 6.92. The number of hydrogen-bond donors (Lipinski definition) is 3. The Bertz CT molecular complexity index is 384. The van der Waals surface area contributed by atoms with Crippen LogP contribution in [0.5, 0.6) is 5.75 Å². The molecule has 1 unspecified atom stereocenters. The molecule has 1 aromatic carbocycles. The number of nitrogens with one attached hydrogen (secondary N) is 1. The standard InChI is InChI=1S/C13H19BrN2O3/c14-10-3-5-12(6-4-10)19-9-11(17)8-16-7-1-2-13(15)18/h3-6,11,16-17H,1-2,7-9H2,(H2,15,18). The molecule has 5 nitrogen and oxygen atoms in total. The number of halogens is 1. The number of aliphatic hydroxyl groups is 1. The summed E-state index contributed by atoms with van der Waals surface area (Å²) in [6.07, 6.45) is 0.450. The summed E-state index contributed by atoms with van der Waals surface area (Å²) in [6.45, 7) is 1.30. The fraction of sp³-hybridized carbons (Fsp3) is 0.462. The number of ether oxygens (including phenoxy) is 1.